The molecule has 0 unspecified atom stereocenters. The first-order valence-corrected chi connectivity index (χ1v) is 8.92. The lowest BCUT2D eigenvalue weighted by atomic mass is 10.1. The lowest BCUT2D eigenvalue weighted by Crippen LogP contribution is -2.18. The number of halogens is 1. The number of primary amides is 1. The van der Waals surface area contributed by atoms with Crippen LogP contribution in [-0.4, -0.2) is 15.5 Å². The van der Waals surface area contributed by atoms with E-state index in [1.54, 1.807) is 22.7 Å². The van der Waals surface area contributed by atoms with Gasteiger partial charge in [-0.2, -0.15) is 5.10 Å². The van der Waals surface area contributed by atoms with Crippen molar-refractivity contribution in [3.63, 3.8) is 0 Å². The Balaban J connectivity index is 1.83. The topological polar surface area (TPSA) is 72.4 Å². The van der Waals surface area contributed by atoms with Gasteiger partial charge in [0.05, 0.1) is 29.0 Å². The summed E-state index contributed by atoms with van der Waals surface area (Å²) in [6.07, 6.45) is 3.31. The molecule has 1 atom stereocenters. The number of carbonyl (C=O) groups is 1. The number of benzene rings is 2. The summed E-state index contributed by atoms with van der Waals surface area (Å²) in [4.78, 5) is 12.0. The lowest BCUT2D eigenvalue weighted by Gasteiger charge is -2.19. The van der Waals surface area contributed by atoms with Gasteiger partial charge in [-0.1, -0.05) is 48.5 Å². The van der Waals surface area contributed by atoms with Crippen molar-refractivity contribution in [3.8, 4) is 11.1 Å². The van der Waals surface area contributed by atoms with E-state index in [0.717, 1.165) is 11.1 Å². The van der Waals surface area contributed by atoms with Crippen LogP contribution in [0.1, 0.15) is 28.9 Å². The number of amides is 1. The Labute approximate surface area is 161 Å². The van der Waals surface area contributed by atoms with Crippen LogP contribution < -0.4 is 11.1 Å². The van der Waals surface area contributed by atoms with E-state index in [0.29, 0.717) is 16.8 Å². The Bertz CT molecular complexity index is 1150. The molecule has 1 amide bonds. The van der Waals surface area contributed by atoms with Gasteiger partial charge in [0.2, 0.25) is 0 Å². The highest BCUT2D eigenvalue weighted by molar-refractivity contribution is 6.02. The molecule has 2 aromatic carbocycles. The molecule has 28 heavy (non-hydrogen) atoms. The predicted molar refractivity (Wildman–Crippen MR) is 108 cm³/mol. The zero-order valence-corrected chi connectivity index (χ0v) is 15.3. The predicted octanol–water partition coefficient (Wildman–Crippen LogP) is 4.41. The number of nitrogens with zero attached hydrogens (tertiary/aromatic N) is 2. The molecule has 2 aromatic heterocycles. The second-order valence-corrected chi connectivity index (χ2v) is 6.61. The normalized spacial score (nSPS) is 12.1. The summed E-state index contributed by atoms with van der Waals surface area (Å²) in [6, 6.07) is 18.0. The van der Waals surface area contributed by atoms with Gasteiger partial charge in [0, 0.05) is 17.3 Å². The molecule has 6 heteroatoms. The van der Waals surface area contributed by atoms with Crippen LogP contribution in [0.25, 0.3) is 16.6 Å². The summed E-state index contributed by atoms with van der Waals surface area (Å²) in [5.41, 5.74) is 9.53. The fourth-order valence-electron chi connectivity index (χ4n) is 3.30. The van der Waals surface area contributed by atoms with Crippen molar-refractivity contribution >= 4 is 17.1 Å². The van der Waals surface area contributed by atoms with E-state index in [1.165, 1.54) is 12.3 Å². The third-order valence-electron chi connectivity index (χ3n) is 4.74. The minimum Gasteiger partial charge on any atom is -0.376 e. The molecule has 0 aliphatic heterocycles. The zero-order chi connectivity index (χ0) is 19.7. The van der Waals surface area contributed by atoms with Gasteiger partial charge in [-0.15, -0.1) is 0 Å². The van der Waals surface area contributed by atoms with E-state index in [1.807, 2.05) is 49.5 Å². The number of fused-ring (bicyclic) bond motifs is 1. The molecule has 5 nitrogen and oxygen atoms in total. The monoisotopic (exact) mass is 374 g/mol. The average molecular weight is 374 g/mol. The molecule has 0 saturated heterocycles. The van der Waals surface area contributed by atoms with Gasteiger partial charge in [0.1, 0.15) is 5.82 Å². The summed E-state index contributed by atoms with van der Waals surface area (Å²) in [7, 11) is 0. The molecule has 2 heterocycles. The molecular formula is C22H19FN4O. The maximum absolute atomic E-state index is 14.2. The second-order valence-electron chi connectivity index (χ2n) is 6.61. The number of anilines is 1. The van der Waals surface area contributed by atoms with Crippen LogP contribution in [0.2, 0.25) is 0 Å². The molecule has 4 rings (SSSR count). The fraction of sp³-hybridized carbons (Fsp3) is 0.0909. The highest BCUT2D eigenvalue weighted by Gasteiger charge is 2.19. The third kappa shape index (κ3) is 3.20. The average Bonchev–Trinajstić information content (AvgIpc) is 3.14. The Kier molecular flexibility index (Phi) is 4.53. The highest BCUT2D eigenvalue weighted by atomic mass is 19.1. The fourth-order valence-corrected chi connectivity index (χ4v) is 3.30. The third-order valence-corrected chi connectivity index (χ3v) is 4.74. The van der Waals surface area contributed by atoms with Crippen molar-refractivity contribution in [1.29, 1.82) is 0 Å². The van der Waals surface area contributed by atoms with E-state index in [2.05, 4.69) is 10.4 Å². The number of hydrogen-bond donors (Lipinski definition) is 2. The number of nitrogens with one attached hydrogen (secondary N) is 1. The van der Waals surface area contributed by atoms with Crippen molar-refractivity contribution in [1.82, 2.24) is 9.61 Å². The molecule has 140 valence electrons. The minimum absolute atomic E-state index is 0.258. The summed E-state index contributed by atoms with van der Waals surface area (Å²) >= 11 is 0. The van der Waals surface area contributed by atoms with E-state index in [9.17, 15) is 9.18 Å². The quantitative estimate of drug-likeness (QED) is 0.543. The van der Waals surface area contributed by atoms with Gasteiger partial charge in [-0.25, -0.2) is 8.91 Å². The largest absolute Gasteiger partial charge is 0.376 e. The van der Waals surface area contributed by atoms with Crippen LogP contribution in [0.3, 0.4) is 0 Å². The first kappa shape index (κ1) is 17.7. The van der Waals surface area contributed by atoms with Crippen LogP contribution in [0, 0.1) is 5.82 Å². The van der Waals surface area contributed by atoms with Gasteiger partial charge >= 0.3 is 0 Å². The minimum atomic E-state index is -0.597. The maximum atomic E-state index is 14.2. The summed E-state index contributed by atoms with van der Waals surface area (Å²) in [5, 5.41) is 7.56. The number of carbonyl (C=O) groups excluding carboxylic acids is 1. The van der Waals surface area contributed by atoms with E-state index < -0.39 is 5.91 Å². The smallest absolute Gasteiger partial charge is 0.252 e. The Morgan fingerprint density at radius 3 is 2.54 bits per heavy atom. The van der Waals surface area contributed by atoms with Gasteiger partial charge in [0.15, 0.2) is 0 Å². The maximum Gasteiger partial charge on any atom is 0.252 e. The Morgan fingerprint density at radius 1 is 1.11 bits per heavy atom. The SMILES string of the molecule is C[C@@H](Nc1c(C(N)=O)cnn2cc(-c3ccccc3)cc12)c1ccccc1F. The number of hydrogen-bond acceptors (Lipinski definition) is 3. The van der Waals surface area contributed by atoms with E-state index in [-0.39, 0.29) is 17.4 Å². The Morgan fingerprint density at radius 2 is 1.82 bits per heavy atom. The first-order chi connectivity index (χ1) is 13.5. The van der Waals surface area contributed by atoms with Crippen molar-refractivity contribution < 1.29 is 9.18 Å². The van der Waals surface area contributed by atoms with Crippen molar-refractivity contribution in [2.24, 2.45) is 5.73 Å². The van der Waals surface area contributed by atoms with Gasteiger partial charge < -0.3 is 11.1 Å². The van der Waals surface area contributed by atoms with Crippen LogP contribution in [0.5, 0.6) is 0 Å². The molecule has 4 aromatic rings. The number of nitrogens with two attached hydrogens (primary N) is 1. The molecular weight excluding hydrogens is 355 g/mol. The van der Waals surface area contributed by atoms with Gasteiger partial charge in [-0.05, 0) is 24.6 Å². The van der Waals surface area contributed by atoms with E-state index >= 15 is 0 Å². The molecule has 0 aliphatic rings. The molecule has 0 fully saturated rings. The van der Waals surface area contributed by atoms with E-state index in [4.69, 9.17) is 5.73 Å². The van der Waals surface area contributed by atoms with Crippen molar-refractivity contribution in [2.75, 3.05) is 5.32 Å². The van der Waals surface area contributed by atoms with Crippen LogP contribution in [0.15, 0.2) is 73.1 Å². The molecule has 0 aliphatic carbocycles. The number of aromatic nitrogens is 2. The molecule has 0 bridgehead atoms. The molecule has 0 radical (unpaired) electrons. The molecule has 3 N–H and O–H groups in total. The summed E-state index contributed by atoms with van der Waals surface area (Å²) in [5.74, 6) is -0.908. The van der Waals surface area contributed by atoms with Crippen molar-refractivity contribution in [3.05, 3.63) is 90.0 Å². The second kappa shape index (κ2) is 7.15. The molecule has 0 spiro atoms. The van der Waals surface area contributed by atoms with Gasteiger partial charge in [0.25, 0.3) is 5.91 Å². The van der Waals surface area contributed by atoms with Gasteiger partial charge in [-0.3, -0.25) is 4.79 Å². The Hall–Kier alpha value is -3.67. The van der Waals surface area contributed by atoms with Crippen LogP contribution in [-0.2, 0) is 0 Å². The summed E-state index contributed by atoms with van der Waals surface area (Å²) < 4.78 is 15.9. The van der Waals surface area contributed by atoms with Crippen LogP contribution >= 0.6 is 0 Å². The lowest BCUT2D eigenvalue weighted by molar-refractivity contribution is 0.100. The standard InChI is InChI=1S/C22H19FN4O/c1-14(17-9-5-6-10-19(17)23)26-21-18(22(24)28)12-25-27-13-16(11-20(21)27)15-7-3-2-4-8-15/h2-14,26H,1H3,(H2,24,28)/t14-/m1/s1. The summed E-state index contributed by atoms with van der Waals surface area (Å²) in [6.45, 7) is 1.83. The van der Waals surface area contributed by atoms with Crippen molar-refractivity contribution in [2.45, 2.75) is 13.0 Å². The van der Waals surface area contributed by atoms with Crippen LogP contribution in [0.4, 0.5) is 10.1 Å². The molecule has 0 saturated carbocycles. The zero-order valence-electron chi connectivity index (χ0n) is 15.3. The number of rotatable bonds is 5. The first-order valence-electron chi connectivity index (χ1n) is 8.92. The highest BCUT2D eigenvalue weighted by Crippen LogP contribution is 2.31.